The Balaban J connectivity index is 2.36. The van der Waals surface area contributed by atoms with Crippen molar-refractivity contribution in [2.24, 2.45) is 0 Å². The van der Waals surface area contributed by atoms with E-state index in [2.05, 4.69) is 5.32 Å². The number of anilines is 3. The number of nitrogens with one attached hydrogen (secondary N) is 1. The van der Waals surface area contributed by atoms with Gasteiger partial charge in [0.1, 0.15) is 11.6 Å². The summed E-state index contributed by atoms with van der Waals surface area (Å²) in [5.41, 5.74) is 8.86. The van der Waals surface area contributed by atoms with Gasteiger partial charge < -0.3 is 15.8 Å². The predicted octanol–water partition coefficient (Wildman–Crippen LogP) is 3.47. The fourth-order valence-corrected chi connectivity index (χ4v) is 1.72. The van der Waals surface area contributed by atoms with Crippen LogP contribution in [0.2, 0.25) is 0 Å². The Kier molecular flexibility index (Phi) is 3.37. The van der Waals surface area contributed by atoms with Gasteiger partial charge in [-0.05, 0) is 36.8 Å². The van der Waals surface area contributed by atoms with Gasteiger partial charge in [0.25, 0.3) is 0 Å². The largest absolute Gasteiger partial charge is 0.495 e. The summed E-state index contributed by atoms with van der Waals surface area (Å²) in [7, 11) is 1.54. The SMILES string of the molecule is COc1ccc(F)cc1Nc1ccc(C)cc1N. The number of halogens is 1. The zero-order valence-corrected chi connectivity index (χ0v) is 10.3. The number of ether oxygens (including phenoxy) is 1. The second-order valence-corrected chi connectivity index (χ2v) is 4.06. The van der Waals surface area contributed by atoms with Crippen molar-refractivity contribution in [2.45, 2.75) is 6.92 Å². The first-order valence-corrected chi connectivity index (χ1v) is 5.57. The summed E-state index contributed by atoms with van der Waals surface area (Å²) in [6.45, 7) is 1.96. The summed E-state index contributed by atoms with van der Waals surface area (Å²) in [6, 6.07) is 9.94. The molecule has 18 heavy (non-hydrogen) atoms. The minimum Gasteiger partial charge on any atom is -0.495 e. The van der Waals surface area contributed by atoms with Gasteiger partial charge in [-0.15, -0.1) is 0 Å². The molecule has 4 heteroatoms. The summed E-state index contributed by atoms with van der Waals surface area (Å²) >= 11 is 0. The zero-order chi connectivity index (χ0) is 13.1. The number of benzene rings is 2. The standard InChI is InChI=1S/C14H15FN2O/c1-9-3-5-12(11(16)7-9)17-13-8-10(15)4-6-14(13)18-2/h3-8,17H,16H2,1-2H3. The van der Waals surface area contributed by atoms with Crippen LogP contribution in [0.1, 0.15) is 5.56 Å². The number of hydrogen-bond donors (Lipinski definition) is 2. The van der Waals surface area contributed by atoms with E-state index in [-0.39, 0.29) is 5.82 Å². The molecular weight excluding hydrogens is 231 g/mol. The van der Waals surface area contributed by atoms with Gasteiger partial charge >= 0.3 is 0 Å². The summed E-state index contributed by atoms with van der Waals surface area (Å²) in [5, 5.41) is 3.07. The Morgan fingerprint density at radius 1 is 1.11 bits per heavy atom. The molecule has 3 N–H and O–H groups in total. The van der Waals surface area contributed by atoms with Crippen LogP contribution >= 0.6 is 0 Å². The Morgan fingerprint density at radius 3 is 2.56 bits per heavy atom. The van der Waals surface area contributed by atoms with Gasteiger partial charge in [-0.2, -0.15) is 0 Å². The molecule has 0 aliphatic heterocycles. The highest BCUT2D eigenvalue weighted by molar-refractivity contribution is 5.75. The van der Waals surface area contributed by atoms with E-state index in [1.54, 1.807) is 6.07 Å². The second kappa shape index (κ2) is 4.96. The van der Waals surface area contributed by atoms with E-state index in [4.69, 9.17) is 10.5 Å². The summed E-state index contributed by atoms with van der Waals surface area (Å²) in [4.78, 5) is 0. The number of methoxy groups -OCH3 is 1. The fraction of sp³-hybridized carbons (Fsp3) is 0.143. The molecule has 2 rings (SSSR count). The summed E-state index contributed by atoms with van der Waals surface area (Å²) < 4.78 is 18.4. The second-order valence-electron chi connectivity index (χ2n) is 4.06. The van der Waals surface area contributed by atoms with E-state index in [0.29, 0.717) is 17.1 Å². The smallest absolute Gasteiger partial charge is 0.142 e. The lowest BCUT2D eigenvalue weighted by molar-refractivity contribution is 0.416. The molecule has 0 fully saturated rings. The summed E-state index contributed by atoms with van der Waals surface area (Å²) in [5.74, 6) is 0.236. The Bertz CT molecular complexity index is 570. The normalized spacial score (nSPS) is 10.2. The van der Waals surface area contributed by atoms with E-state index >= 15 is 0 Å². The Hall–Kier alpha value is -2.23. The number of hydrogen-bond acceptors (Lipinski definition) is 3. The van der Waals surface area contributed by atoms with Crippen molar-refractivity contribution in [3.63, 3.8) is 0 Å². The quantitative estimate of drug-likeness (QED) is 0.815. The fourth-order valence-electron chi connectivity index (χ4n) is 1.72. The molecule has 2 aromatic carbocycles. The highest BCUT2D eigenvalue weighted by atomic mass is 19.1. The number of nitrogens with two attached hydrogens (primary N) is 1. The molecule has 0 amide bonds. The zero-order valence-electron chi connectivity index (χ0n) is 10.3. The van der Waals surface area contributed by atoms with Crippen LogP contribution in [0.3, 0.4) is 0 Å². The van der Waals surface area contributed by atoms with Crippen molar-refractivity contribution in [3.05, 3.63) is 47.8 Å². The van der Waals surface area contributed by atoms with Crippen LogP contribution in [-0.4, -0.2) is 7.11 Å². The number of rotatable bonds is 3. The van der Waals surface area contributed by atoms with E-state index < -0.39 is 0 Å². The topological polar surface area (TPSA) is 47.3 Å². The van der Waals surface area contributed by atoms with Crippen molar-refractivity contribution in [2.75, 3.05) is 18.2 Å². The van der Waals surface area contributed by atoms with Gasteiger partial charge in [0, 0.05) is 6.07 Å². The van der Waals surface area contributed by atoms with Gasteiger partial charge in [0.2, 0.25) is 0 Å². The van der Waals surface area contributed by atoms with E-state index in [9.17, 15) is 4.39 Å². The van der Waals surface area contributed by atoms with Crippen LogP contribution in [0.15, 0.2) is 36.4 Å². The molecule has 0 heterocycles. The van der Waals surface area contributed by atoms with Crippen molar-refractivity contribution in [1.29, 1.82) is 0 Å². The van der Waals surface area contributed by atoms with Crippen LogP contribution in [-0.2, 0) is 0 Å². The van der Waals surface area contributed by atoms with Crippen LogP contribution in [0.25, 0.3) is 0 Å². The molecule has 3 nitrogen and oxygen atoms in total. The molecule has 2 aromatic rings. The minimum atomic E-state index is -0.330. The lowest BCUT2D eigenvalue weighted by atomic mass is 10.2. The third-order valence-electron chi connectivity index (χ3n) is 2.64. The highest BCUT2D eigenvalue weighted by Crippen LogP contribution is 2.30. The van der Waals surface area contributed by atoms with Gasteiger partial charge in [-0.3, -0.25) is 0 Å². The van der Waals surface area contributed by atoms with Crippen molar-refractivity contribution in [1.82, 2.24) is 0 Å². The van der Waals surface area contributed by atoms with Crippen LogP contribution in [0.4, 0.5) is 21.5 Å². The van der Waals surface area contributed by atoms with E-state index in [1.807, 2.05) is 25.1 Å². The maximum absolute atomic E-state index is 13.2. The third kappa shape index (κ3) is 2.53. The summed E-state index contributed by atoms with van der Waals surface area (Å²) in [6.07, 6.45) is 0. The number of aryl methyl sites for hydroxylation is 1. The predicted molar refractivity (Wildman–Crippen MR) is 71.8 cm³/mol. The molecule has 0 bridgehead atoms. The molecule has 94 valence electrons. The molecule has 0 aromatic heterocycles. The first-order chi connectivity index (χ1) is 8.60. The highest BCUT2D eigenvalue weighted by Gasteiger charge is 2.06. The van der Waals surface area contributed by atoms with Crippen molar-refractivity contribution < 1.29 is 9.13 Å². The molecule has 0 saturated heterocycles. The molecular formula is C14H15FN2O. The van der Waals surface area contributed by atoms with Crippen LogP contribution < -0.4 is 15.8 Å². The lowest BCUT2D eigenvalue weighted by Gasteiger charge is -2.13. The molecule has 0 spiro atoms. The Morgan fingerprint density at radius 2 is 1.89 bits per heavy atom. The molecule has 0 aliphatic rings. The number of nitrogen functional groups attached to an aromatic ring is 1. The third-order valence-corrected chi connectivity index (χ3v) is 2.64. The van der Waals surface area contributed by atoms with E-state index in [1.165, 1.54) is 19.2 Å². The molecule has 0 atom stereocenters. The molecule has 0 aliphatic carbocycles. The maximum Gasteiger partial charge on any atom is 0.142 e. The molecule has 0 radical (unpaired) electrons. The maximum atomic E-state index is 13.2. The Labute approximate surface area is 105 Å². The monoisotopic (exact) mass is 246 g/mol. The van der Waals surface area contributed by atoms with Crippen LogP contribution in [0, 0.1) is 12.7 Å². The van der Waals surface area contributed by atoms with Crippen LogP contribution in [0.5, 0.6) is 5.75 Å². The van der Waals surface area contributed by atoms with Gasteiger partial charge in [-0.25, -0.2) is 4.39 Å². The van der Waals surface area contributed by atoms with Gasteiger partial charge in [0.15, 0.2) is 0 Å². The lowest BCUT2D eigenvalue weighted by Crippen LogP contribution is -1.99. The minimum absolute atomic E-state index is 0.330. The first kappa shape index (κ1) is 12.2. The molecule has 0 saturated carbocycles. The average Bonchev–Trinajstić information content (AvgIpc) is 2.33. The van der Waals surface area contributed by atoms with Gasteiger partial charge in [0.05, 0.1) is 24.2 Å². The molecule has 0 unspecified atom stereocenters. The van der Waals surface area contributed by atoms with Crippen molar-refractivity contribution >= 4 is 17.1 Å². The van der Waals surface area contributed by atoms with Gasteiger partial charge in [-0.1, -0.05) is 6.07 Å². The van der Waals surface area contributed by atoms with Crippen molar-refractivity contribution in [3.8, 4) is 5.75 Å². The first-order valence-electron chi connectivity index (χ1n) is 5.57. The average molecular weight is 246 g/mol. The van der Waals surface area contributed by atoms with E-state index in [0.717, 1.165) is 11.3 Å².